The van der Waals surface area contributed by atoms with E-state index in [-0.39, 0.29) is 17.7 Å². The minimum atomic E-state index is -1.08. The molecule has 6 heteroatoms. The average molecular weight is 408 g/mol. The van der Waals surface area contributed by atoms with E-state index in [0.717, 1.165) is 19.8 Å². The van der Waals surface area contributed by atoms with E-state index in [9.17, 15) is 9.35 Å². The van der Waals surface area contributed by atoms with Gasteiger partial charge in [0.05, 0.1) is 13.0 Å². The lowest BCUT2D eigenvalue weighted by Crippen LogP contribution is -2.27. The Kier molecular flexibility index (Phi) is 5.20. The minimum absolute atomic E-state index is 0.0864. The van der Waals surface area contributed by atoms with E-state index in [1.165, 1.54) is 12.2 Å². The Morgan fingerprint density at radius 2 is 1.79 bits per heavy atom. The van der Waals surface area contributed by atoms with Gasteiger partial charge in [0.2, 0.25) is 0 Å². The van der Waals surface area contributed by atoms with Gasteiger partial charge in [0.15, 0.2) is 0 Å². The number of hydroxylamine groups is 2. The first-order chi connectivity index (χ1) is 11.5. The normalized spacial score (nSPS) is 22.1. The largest absolute Gasteiger partial charge is 0.333 e. The zero-order valence-corrected chi connectivity index (χ0v) is 15.8. The number of carbonyl (C=O) groups excluding carboxylic acids is 1. The first kappa shape index (κ1) is 17.4. The van der Waals surface area contributed by atoms with Gasteiger partial charge in [0, 0.05) is 27.2 Å². The third-order valence-electron chi connectivity index (χ3n) is 4.11. The molecule has 3 rings (SSSR count). The summed E-state index contributed by atoms with van der Waals surface area (Å²) in [5.74, 6) is -0.579. The zero-order valence-electron chi connectivity index (χ0n) is 13.3. The third kappa shape index (κ3) is 3.32. The summed E-state index contributed by atoms with van der Waals surface area (Å²) in [5.41, 5.74) is 1.03. The Morgan fingerprint density at radius 1 is 1.17 bits per heavy atom. The predicted molar refractivity (Wildman–Crippen MR) is 100 cm³/mol. The minimum Gasteiger partial charge on any atom is -0.333 e. The number of nitrogens with zero attached hydrogens (tertiary/aromatic N) is 1. The van der Waals surface area contributed by atoms with Crippen molar-refractivity contribution in [1.82, 2.24) is 5.06 Å². The van der Waals surface area contributed by atoms with Gasteiger partial charge in [-0.25, -0.2) is 5.06 Å². The molecule has 126 valence electrons. The monoisotopic (exact) mass is 407 g/mol. The Morgan fingerprint density at radius 3 is 2.38 bits per heavy atom. The molecule has 0 radical (unpaired) electrons. The van der Waals surface area contributed by atoms with Crippen molar-refractivity contribution in [2.24, 2.45) is 5.92 Å². The van der Waals surface area contributed by atoms with E-state index in [1.807, 2.05) is 54.6 Å². The van der Waals surface area contributed by atoms with Crippen molar-refractivity contribution in [2.75, 3.05) is 14.2 Å². The van der Waals surface area contributed by atoms with Gasteiger partial charge in [0.25, 0.3) is 5.91 Å². The van der Waals surface area contributed by atoms with E-state index in [1.54, 1.807) is 7.05 Å². The highest BCUT2D eigenvalue weighted by Gasteiger charge is 2.53. The van der Waals surface area contributed by atoms with Crippen molar-refractivity contribution in [3.8, 4) is 0 Å². The molecule has 1 amide bonds. The molecule has 1 unspecified atom stereocenters. The second kappa shape index (κ2) is 7.19. The summed E-state index contributed by atoms with van der Waals surface area (Å²) in [6.45, 7) is 0. The van der Waals surface area contributed by atoms with Gasteiger partial charge in [-0.2, -0.15) is 0 Å². The smallest absolute Gasteiger partial charge is 0.254 e. The molecule has 0 spiro atoms. The summed E-state index contributed by atoms with van der Waals surface area (Å²) in [6.07, 6.45) is 0. The van der Waals surface area contributed by atoms with Crippen LogP contribution in [-0.4, -0.2) is 34.5 Å². The van der Waals surface area contributed by atoms with Crippen molar-refractivity contribution >= 4 is 37.5 Å². The van der Waals surface area contributed by atoms with Crippen molar-refractivity contribution in [1.29, 1.82) is 0 Å². The highest BCUT2D eigenvalue weighted by molar-refractivity contribution is 9.10. The Hall–Kier alpha value is -1.47. The molecule has 0 aliphatic heterocycles. The number of amides is 1. The first-order valence-corrected chi connectivity index (χ1v) is 9.44. The van der Waals surface area contributed by atoms with Crippen LogP contribution in [0.25, 0.3) is 0 Å². The van der Waals surface area contributed by atoms with Crippen LogP contribution in [-0.2, 0) is 9.63 Å². The molecule has 1 aliphatic rings. The fourth-order valence-corrected chi connectivity index (χ4v) is 4.62. The van der Waals surface area contributed by atoms with Crippen LogP contribution in [0.1, 0.15) is 11.5 Å². The predicted octanol–water partition coefficient (Wildman–Crippen LogP) is 4.16. The fraction of sp³-hybridized carbons (Fsp3) is 0.222. The molecular formula is C18H18BrNO3S. The molecule has 1 fully saturated rings. The van der Waals surface area contributed by atoms with E-state index < -0.39 is 10.8 Å². The van der Waals surface area contributed by atoms with Crippen molar-refractivity contribution in [3.05, 3.63) is 64.6 Å². The molecule has 1 N–H and O–H groups in total. The molecule has 2 aromatic rings. The number of rotatable bonds is 4. The van der Waals surface area contributed by atoms with Crippen LogP contribution in [0.2, 0.25) is 0 Å². The van der Waals surface area contributed by atoms with E-state index >= 15 is 0 Å². The maximum Gasteiger partial charge on any atom is 0.254 e. The Balaban J connectivity index is 2.01. The van der Waals surface area contributed by atoms with E-state index in [4.69, 9.17) is 4.84 Å². The quantitative estimate of drug-likeness (QED) is 0.611. The van der Waals surface area contributed by atoms with E-state index in [0.29, 0.717) is 0 Å². The molecule has 0 aromatic heterocycles. The Bertz CT molecular complexity index is 777. The average Bonchev–Trinajstić information content (AvgIpc) is 3.36. The van der Waals surface area contributed by atoms with Crippen molar-refractivity contribution in [2.45, 2.75) is 10.8 Å². The highest BCUT2D eigenvalue weighted by Crippen LogP contribution is 2.51. The summed E-state index contributed by atoms with van der Waals surface area (Å²) >= 11 is 3.42. The van der Waals surface area contributed by atoms with Crippen molar-refractivity contribution < 1.29 is 14.2 Å². The van der Waals surface area contributed by atoms with Gasteiger partial charge in [-0.3, -0.25) is 9.63 Å². The van der Waals surface area contributed by atoms with Gasteiger partial charge in [-0.15, -0.1) is 0 Å². The van der Waals surface area contributed by atoms with E-state index in [2.05, 4.69) is 15.9 Å². The molecule has 2 aromatic carbocycles. The molecule has 24 heavy (non-hydrogen) atoms. The maximum atomic E-state index is 12.6. The maximum absolute atomic E-state index is 12.6. The molecule has 0 bridgehead atoms. The van der Waals surface area contributed by atoms with Crippen LogP contribution in [0.5, 0.6) is 0 Å². The molecule has 1 aliphatic carbocycles. The number of carbonyl (C=O) groups is 1. The second-order valence-corrected chi connectivity index (χ2v) is 7.95. The van der Waals surface area contributed by atoms with Crippen LogP contribution >= 0.6 is 26.7 Å². The summed E-state index contributed by atoms with van der Waals surface area (Å²) in [7, 11) is 1.98. The standard InChI is InChI=1S/C18H18BrNO3S/c1-20(23-2)18(21)16-15(12-8-10-13(19)11-9-12)17(16)24(22)14-6-4-3-5-7-14/h3-11,15-16,22H,1-2H3/t15-,16-,24?/m1/s1. The van der Waals surface area contributed by atoms with Crippen LogP contribution in [0.4, 0.5) is 0 Å². The molecule has 0 saturated heterocycles. The fourth-order valence-electron chi connectivity index (χ4n) is 2.74. The number of hydrogen-bond acceptors (Lipinski definition) is 3. The first-order valence-electron chi connectivity index (χ1n) is 7.47. The number of benzene rings is 2. The van der Waals surface area contributed by atoms with Gasteiger partial charge in [-0.05, 0) is 40.6 Å². The SMILES string of the molecule is CON(C)C(=O)[C@H]1/C(=S(/O)c2ccccc2)[C@@H]1c1ccc(Br)cc1. The molecular weight excluding hydrogens is 390 g/mol. The van der Waals surface area contributed by atoms with Crippen LogP contribution in [0.15, 0.2) is 64.0 Å². The van der Waals surface area contributed by atoms with Crippen molar-refractivity contribution in [3.63, 3.8) is 0 Å². The third-order valence-corrected chi connectivity index (χ3v) is 6.31. The summed E-state index contributed by atoms with van der Waals surface area (Å²) < 4.78 is 11.8. The summed E-state index contributed by atoms with van der Waals surface area (Å²) in [4.78, 5) is 19.3. The van der Waals surface area contributed by atoms with Gasteiger partial charge in [0.1, 0.15) is 0 Å². The topological polar surface area (TPSA) is 49.8 Å². The lowest BCUT2D eigenvalue weighted by molar-refractivity contribution is -0.169. The van der Waals surface area contributed by atoms with Crippen LogP contribution < -0.4 is 0 Å². The Labute approximate surface area is 152 Å². The number of halogens is 1. The van der Waals surface area contributed by atoms with Gasteiger partial charge < -0.3 is 4.55 Å². The molecule has 0 heterocycles. The van der Waals surface area contributed by atoms with Crippen LogP contribution in [0, 0.1) is 5.92 Å². The molecule has 4 nitrogen and oxygen atoms in total. The molecule has 1 saturated carbocycles. The lowest BCUT2D eigenvalue weighted by Gasteiger charge is -2.13. The number of hydrogen-bond donors (Lipinski definition) is 1. The lowest BCUT2D eigenvalue weighted by atomic mass is 10.1. The zero-order chi connectivity index (χ0) is 17.3. The van der Waals surface area contributed by atoms with Crippen LogP contribution in [0.3, 0.4) is 0 Å². The second-order valence-electron chi connectivity index (χ2n) is 5.53. The van der Waals surface area contributed by atoms with Gasteiger partial charge >= 0.3 is 0 Å². The summed E-state index contributed by atoms with van der Waals surface area (Å²) in [5, 5.41) is 1.23. The molecule has 3 atom stereocenters. The van der Waals surface area contributed by atoms with Gasteiger partial charge in [-0.1, -0.05) is 46.3 Å². The summed E-state index contributed by atoms with van der Waals surface area (Å²) in [6, 6.07) is 17.3. The highest BCUT2D eigenvalue weighted by atomic mass is 79.9.